The standard InChI is InChI=1S/C28H24ClNO5S2/c1-16(19-9-12-36-15-19)35-27(33)30-22-14-24(29)37-25(22)18-5-8-21(23(13-18)34-2)17-3-6-20(7-4-17)28(10-11-28)26(31)32/h3-9,12-16H,10-11H2,1-2H3,(H,30,33)(H,31,32)/t16-/m1/s1. The van der Waals surface area contributed by atoms with E-state index in [2.05, 4.69) is 5.32 Å². The molecule has 9 heteroatoms. The zero-order valence-corrected chi connectivity index (χ0v) is 22.5. The highest BCUT2D eigenvalue weighted by molar-refractivity contribution is 7.20. The molecule has 6 nitrogen and oxygen atoms in total. The first-order chi connectivity index (χ1) is 17.8. The van der Waals surface area contributed by atoms with Crippen LogP contribution < -0.4 is 10.1 Å². The fraction of sp³-hybridized carbons (Fsp3) is 0.214. The molecule has 2 aromatic carbocycles. The lowest BCUT2D eigenvalue weighted by molar-refractivity contribution is -0.140. The van der Waals surface area contributed by atoms with E-state index in [1.54, 1.807) is 24.5 Å². The maximum absolute atomic E-state index is 12.6. The lowest BCUT2D eigenvalue weighted by Crippen LogP contribution is -2.19. The van der Waals surface area contributed by atoms with Crippen molar-refractivity contribution in [2.45, 2.75) is 31.3 Å². The Morgan fingerprint density at radius 2 is 1.81 bits per heavy atom. The van der Waals surface area contributed by atoms with E-state index >= 15 is 0 Å². The van der Waals surface area contributed by atoms with Crippen molar-refractivity contribution in [2.24, 2.45) is 0 Å². The first-order valence-corrected chi connectivity index (χ1v) is 13.8. The number of anilines is 1. The van der Waals surface area contributed by atoms with E-state index in [-0.39, 0.29) is 6.10 Å². The van der Waals surface area contributed by atoms with Gasteiger partial charge in [0, 0.05) is 11.1 Å². The number of carboxylic acid groups (broad SMARTS) is 1. The molecule has 1 amide bonds. The number of nitrogens with one attached hydrogen (secondary N) is 1. The Bertz CT molecular complexity index is 1440. The van der Waals surface area contributed by atoms with Gasteiger partial charge in [-0.15, -0.1) is 11.3 Å². The zero-order valence-electron chi connectivity index (χ0n) is 20.1. The molecule has 190 valence electrons. The highest BCUT2D eigenvalue weighted by Crippen LogP contribution is 2.49. The summed E-state index contributed by atoms with van der Waals surface area (Å²) in [6, 6.07) is 17.0. The highest BCUT2D eigenvalue weighted by Gasteiger charge is 2.51. The molecule has 0 bridgehead atoms. The summed E-state index contributed by atoms with van der Waals surface area (Å²) in [7, 11) is 1.60. The van der Waals surface area contributed by atoms with E-state index in [9.17, 15) is 14.7 Å². The van der Waals surface area contributed by atoms with Crippen LogP contribution in [0.15, 0.2) is 65.4 Å². The number of rotatable bonds is 8. The molecule has 5 rings (SSSR count). The third-order valence-corrected chi connectivity index (χ3v) is 8.62. The van der Waals surface area contributed by atoms with Gasteiger partial charge in [-0.1, -0.05) is 48.0 Å². The van der Waals surface area contributed by atoms with E-state index < -0.39 is 17.5 Å². The monoisotopic (exact) mass is 553 g/mol. The molecule has 0 saturated heterocycles. The number of aliphatic carboxylic acids is 1. The van der Waals surface area contributed by atoms with Crippen LogP contribution in [0.5, 0.6) is 5.75 Å². The van der Waals surface area contributed by atoms with Crippen molar-refractivity contribution in [2.75, 3.05) is 12.4 Å². The van der Waals surface area contributed by atoms with Gasteiger partial charge in [-0.3, -0.25) is 10.1 Å². The first-order valence-electron chi connectivity index (χ1n) is 11.6. The van der Waals surface area contributed by atoms with Crippen molar-refractivity contribution in [1.82, 2.24) is 0 Å². The number of hydrogen-bond donors (Lipinski definition) is 2. The van der Waals surface area contributed by atoms with Crippen molar-refractivity contribution in [3.05, 3.63) is 80.8 Å². The molecular formula is C28H24ClNO5S2. The number of methoxy groups -OCH3 is 1. The number of hydrogen-bond acceptors (Lipinski definition) is 6. The van der Waals surface area contributed by atoms with E-state index in [4.69, 9.17) is 21.1 Å². The molecule has 2 heterocycles. The van der Waals surface area contributed by atoms with Gasteiger partial charge in [0.05, 0.1) is 27.4 Å². The van der Waals surface area contributed by atoms with Crippen LogP contribution in [0.25, 0.3) is 21.6 Å². The number of halogens is 1. The third-order valence-electron chi connectivity index (χ3n) is 6.61. The summed E-state index contributed by atoms with van der Waals surface area (Å²) in [4.78, 5) is 25.0. The van der Waals surface area contributed by atoms with Crippen molar-refractivity contribution in [1.29, 1.82) is 0 Å². The van der Waals surface area contributed by atoms with Crippen LogP contribution in [0.1, 0.15) is 37.0 Å². The fourth-order valence-electron chi connectivity index (χ4n) is 4.33. The van der Waals surface area contributed by atoms with Gasteiger partial charge in [0.15, 0.2) is 0 Å². The van der Waals surface area contributed by atoms with Gasteiger partial charge in [-0.05, 0) is 65.4 Å². The molecular weight excluding hydrogens is 530 g/mol. The zero-order chi connectivity index (χ0) is 26.2. The Morgan fingerprint density at radius 3 is 2.43 bits per heavy atom. The molecule has 4 aromatic rings. The third kappa shape index (κ3) is 5.09. The number of carbonyl (C=O) groups is 2. The van der Waals surface area contributed by atoms with Crippen LogP contribution >= 0.6 is 34.3 Å². The molecule has 0 unspecified atom stereocenters. The minimum Gasteiger partial charge on any atom is -0.496 e. The number of thiophene rings is 2. The summed E-state index contributed by atoms with van der Waals surface area (Å²) < 4.78 is 11.8. The Balaban J connectivity index is 1.38. The average molecular weight is 554 g/mol. The summed E-state index contributed by atoms with van der Waals surface area (Å²) in [5.41, 5.74) is 4.20. The minimum atomic E-state index is -0.772. The van der Waals surface area contributed by atoms with Gasteiger partial charge in [0.1, 0.15) is 11.9 Å². The van der Waals surface area contributed by atoms with Crippen molar-refractivity contribution in [3.63, 3.8) is 0 Å². The van der Waals surface area contributed by atoms with Gasteiger partial charge in [0.25, 0.3) is 0 Å². The minimum absolute atomic E-state index is 0.375. The number of ether oxygens (including phenoxy) is 2. The number of amides is 1. The van der Waals surface area contributed by atoms with Gasteiger partial charge >= 0.3 is 12.1 Å². The summed E-state index contributed by atoms with van der Waals surface area (Å²) in [6.07, 6.45) is 0.396. The van der Waals surface area contributed by atoms with Gasteiger partial charge < -0.3 is 14.6 Å². The predicted octanol–water partition coefficient (Wildman–Crippen LogP) is 8.23. The van der Waals surface area contributed by atoms with Crippen molar-refractivity contribution >= 4 is 52.0 Å². The topological polar surface area (TPSA) is 84.9 Å². The average Bonchev–Trinajstić information content (AvgIpc) is 3.35. The highest BCUT2D eigenvalue weighted by atomic mass is 35.5. The predicted molar refractivity (Wildman–Crippen MR) is 148 cm³/mol. The molecule has 0 radical (unpaired) electrons. The van der Waals surface area contributed by atoms with Crippen molar-refractivity contribution < 1.29 is 24.2 Å². The van der Waals surface area contributed by atoms with Crippen LogP contribution in [-0.2, 0) is 14.9 Å². The Kier molecular flexibility index (Phi) is 6.98. The summed E-state index contributed by atoms with van der Waals surface area (Å²) >= 11 is 9.21. The molecule has 1 aliphatic carbocycles. The Morgan fingerprint density at radius 1 is 1.08 bits per heavy atom. The van der Waals surface area contributed by atoms with Gasteiger partial charge in [0.2, 0.25) is 0 Å². The van der Waals surface area contributed by atoms with Crippen LogP contribution in [0.3, 0.4) is 0 Å². The molecule has 1 aliphatic rings. The number of carbonyl (C=O) groups excluding carboxylic acids is 1. The van der Waals surface area contributed by atoms with Crippen LogP contribution in [-0.4, -0.2) is 24.3 Å². The quantitative estimate of drug-likeness (QED) is 0.229. The fourth-order valence-corrected chi connectivity index (χ4v) is 6.25. The molecule has 1 saturated carbocycles. The summed E-state index contributed by atoms with van der Waals surface area (Å²) in [6.45, 7) is 1.82. The lowest BCUT2D eigenvalue weighted by atomic mass is 9.93. The van der Waals surface area contributed by atoms with E-state index in [0.717, 1.165) is 32.7 Å². The number of carboxylic acids is 1. The molecule has 2 aromatic heterocycles. The smallest absolute Gasteiger partial charge is 0.412 e. The van der Waals surface area contributed by atoms with Crippen LogP contribution in [0, 0.1) is 0 Å². The maximum atomic E-state index is 12.6. The molecule has 1 atom stereocenters. The molecule has 37 heavy (non-hydrogen) atoms. The van der Waals surface area contributed by atoms with E-state index in [0.29, 0.717) is 28.6 Å². The van der Waals surface area contributed by atoms with Gasteiger partial charge in [-0.25, -0.2) is 4.79 Å². The SMILES string of the molecule is COc1cc(-c2sc(Cl)cc2NC(=O)O[C@H](C)c2ccsc2)ccc1-c1ccc(C2(C(=O)O)CC2)cc1. The summed E-state index contributed by atoms with van der Waals surface area (Å²) in [5, 5.41) is 16.3. The Hall–Kier alpha value is -3.33. The first kappa shape index (κ1) is 25.3. The van der Waals surface area contributed by atoms with Crippen LogP contribution in [0.4, 0.5) is 10.5 Å². The second kappa shape index (κ2) is 10.2. The molecule has 0 spiro atoms. The number of benzene rings is 2. The lowest BCUT2D eigenvalue weighted by Gasteiger charge is -2.15. The normalized spacial score (nSPS) is 14.6. The van der Waals surface area contributed by atoms with E-state index in [1.165, 1.54) is 11.3 Å². The Labute approximate surface area is 227 Å². The van der Waals surface area contributed by atoms with Crippen LogP contribution in [0.2, 0.25) is 4.34 Å². The maximum Gasteiger partial charge on any atom is 0.412 e. The molecule has 0 aliphatic heterocycles. The second-order valence-electron chi connectivity index (χ2n) is 8.90. The van der Waals surface area contributed by atoms with E-state index in [1.807, 2.05) is 66.2 Å². The van der Waals surface area contributed by atoms with Crippen molar-refractivity contribution in [3.8, 4) is 27.3 Å². The largest absolute Gasteiger partial charge is 0.496 e. The molecule has 1 fully saturated rings. The summed E-state index contributed by atoms with van der Waals surface area (Å²) in [5.74, 6) is -0.125. The second-order valence-corrected chi connectivity index (χ2v) is 11.4. The van der Waals surface area contributed by atoms with Gasteiger partial charge in [-0.2, -0.15) is 11.3 Å². The molecule has 2 N–H and O–H groups in total.